The minimum Gasteiger partial charge on any atom is -0.465 e. The molecule has 0 radical (unpaired) electrons. The van der Waals surface area contributed by atoms with Gasteiger partial charge in [0.05, 0.1) is 19.1 Å². The Bertz CT molecular complexity index is 1290. The highest BCUT2D eigenvalue weighted by atomic mass is 32.1. The molecule has 0 aliphatic rings. The fraction of sp³-hybridized carbons (Fsp3) is 0.167. The molecule has 1 aromatic carbocycles. The number of benzene rings is 1. The number of hydrogen-bond acceptors (Lipinski definition) is 8. The number of ether oxygens (including phenoxy) is 1. The Labute approximate surface area is 161 Å². The zero-order valence-corrected chi connectivity index (χ0v) is 15.7. The van der Waals surface area contributed by atoms with Crippen LogP contribution in [-0.2, 0) is 16.1 Å². The average molecular weight is 398 g/mol. The van der Waals surface area contributed by atoms with Crippen molar-refractivity contribution in [2.24, 2.45) is 0 Å². The lowest BCUT2D eigenvalue weighted by molar-refractivity contribution is -0.116. The number of amides is 1. The number of fused-ring (bicyclic) bond motifs is 3. The molecule has 1 amide bonds. The predicted molar refractivity (Wildman–Crippen MR) is 103 cm³/mol. The molecule has 9 nitrogen and oxygen atoms in total. The van der Waals surface area contributed by atoms with E-state index in [0.717, 1.165) is 21.3 Å². The molecule has 4 aromatic rings. The summed E-state index contributed by atoms with van der Waals surface area (Å²) in [6, 6.07) is 7.19. The van der Waals surface area contributed by atoms with Gasteiger partial charge in [-0.1, -0.05) is 23.5 Å². The quantitative estimate of drug-likeness (QED) is 0.524. The van der Waals surface area contributed by atoms with Crippen LogP contribution in [0.5, 0.6) is 0 Å². The number of nitrogens with one attached hydrogen (secondary N) is 1. The molecule has 3 heterocycles. The van der Waals surface area contributed by atoms with Crippen LogP contribution in [0.3, 0.4) is 0 Å². The molecule has 1 N–H and O–H groups in total. The van der Waals surface area contributed by atoms with Crippen molar-refractivity contribution in [1.29, 1.82) is 0 Å². The number of anilines is 1. The lowest BCUT2D eigenvalue weighted by Crippen LogP contribution is -2.27. The van der Waals surface area contributed by atoms with Crippen molar-refractivity contribution in [2.75, 3.05) is 12.4 Å². The second-order valence-electron chi connectivity index (χ2n) is 5.93. The average Bonchev–Trinajstić information content (AvgIpc) is 3.24. The largest absolute Gasteiger partial charge is 0.465 e. The van der Waals surface area contributed by atoms with Gasteiger partial charge in [0.25, 0.3) is 5.56 Å². The molecule has 0 fully saturated rings. The number of aromatic nitrogens is 3. The van der Waals surface area contributed by atoms with Gasteiger partial charge in [0, 0.05) is 5.39 Å². The fourth-order valence-electron chi connectivity index (χ4n) is 2.77. The molecule has 0 bridgehead atoms. The first-order valence-electron chi connectivity index (χ1n) is 8.20. The number of furan rings is 1. The van der Waals surface area contributed by atoms with Crippen LogP contribution < -0.4 is 10.9 Å². The van der Waals surface area contributed by atoms with Crippen molar-refractivity contribution in [1.82, 2.24) is 14.5 Å². The monoisotopic (exact) mass is 398 g/mol. The Morgan fingerprint density at radius 3 is 2.89 bits per heavy atom. The molecule has 0 saturated heterocycles. The molecular weight excluding hydrogens is 384 g/mol. The summed E-state index contributed by atoms with van der Waals surface area (Å²) in [5, 5.41) is 3.56. The number of para-hydroxylation sites is 1. The van der Waals surface area contributed by atoms with Crippen molar-refractivity contribution in [3.8, 4) is 0 Å². The molecule has 0 aliphatic carbocycles. The molecule has 0 saturated carbocycles. The molecule has 3 aromatic heterocycles. The van der Waals surface area contributed by atoms with E-state index >= 15 is 0 Å². The van der Waals surface area contributed by atoms with Crippen molar-refractivity contribution < 1.29 is 18.7 Å². The molecule has 0 spiro atoms. The molecule has 0 atom stereocenters. The third kappa shape index (κ3) is 3.03. The number of aryl methyl sites for hydroxylation is 1. The summed E-state index contributed by atoms with van der Waals surface area (Å²) in [5.41, 5.74) is 1.10. The minimum absolute atomic E-state index is 0.0922. The second-order valence-corrected chi connectivity index (χ2v) is 6.93. The molecular formula is C18H14N4O5S. The summed E-state index contributed by atoms with van der Waals surface area (Å²) in [7, 11) is 1.27. The maximum Gasteiger partial charge on any atom is 0.350 e. The summed E-state index contributed by atoms with van der Waals surface area (Å²) in [6.07, 6.45) is 1.30. The van der Waals surface area contributed by atoms with E-state index in [2.05, 4.69) is 20.0 Å². The van der Waals surface area contributed by atoms with E-state index in [9.17, 15) is 14.4 Å². The van der Waals surface area contributed by atoms with Gasteiger partial charge < -0.3 is 14.5 Å². The zero-order valence-electron chi connectivity index (χ0n) is 14.9. The topological polar surface area (TPSA) is 116 Å². The van der Waals surface area contributed by atoms with Gasteiger partial charge in [0.1, 0.15) is 22.5 Å². The lowest BCUT2D eigenvalue weighted by Gasteiger charge is -2.04. The SMILES string of the molecule is COC(=O)c1sc(NC(=O)Cn2cnc3c(oc4ccccc43)c2=O)nc1C. The van der Waals surface area contributed by atoms with Crippen LogP contribution in [0, 0.1) is 6.92 Å². The Balaban J connectivity index is 1.59. The first kappa shape index (κ1) is 17.9. The highest BCUT2D eigenvalue weighted by molar-refractivity contribution is 7.17. The molecule has 0 unspecified atom stereocenters. The fourth-order valence-corrected chi connectivity index (χ4v) is 3.67. The third-order valence-corrected chi connectivity index (χ3v) is 5.13. The molecule has 10 heteroatoms. The molecule has 4 rings (SSSR count). The van der Waals surface area contributed by atoms with Crippen LogP contribution in [-0.4, -0.2) is 33.5 Å². The Morgan fingerprint density at radius 2 is 2.11 bits per heavy atom. The van der Waals surface area contributed by atoms with Crippen LogP contribution in [0.1, 0.15) is 15.4 Å². The van der Waals surface area contributed by atoms with Gasteiger partial charge in [-0.15, -0.1) is 0 Å². The van der Waals surface area contributed by atoms with E-state index in [0.29, 0.717) is 21.7 Å². The summed E-state index contributed by atoms with van der Waals surface area (Å²) in [5.74, 6) is -1.00. The van der Waals surface area contributed by atoms with Crippen LogP contribution >= 0.6 is 11.3 Å². The zero-order chi connectivity index (χ0) is 19.8. The van der Waals surface area contributed by atoms with Gasteiger partial charge in [0.2, 0.25) is 11.5 Å². The Kier molecular flexibility index (Phi) is 4.40. The summed E-state index contributed by atoms with van der Waals surface area (Å²) in [6.45, 7) is 1.37. The summed E-state index contributed by atoms with van der Waals surface area (Å²) >= 11 is 1.00. The lowest BCUT2D eigenvalue weighted by atomic mass is 10.2. The van der Waals surface area contributed by atoms with Crippen LogP contribution in [0.2, 0.25) is 0 Å². The molecule has 142 valence electrons. The standard InChI is InChI=1S/C18H14N4O5S/c1-9-15(17(25)26-2)28-18(20-9)21-12(23)7-22-8-19-13-10-5-3-4-6-11(10)27-14(13)16(22)24/h3-6,8H,7H2,1-2H3,(H,20,21,23). The number of carbonyl (C=O) groups excluding carboxylic acids is 2. The minimum atomic E-state index is -0.522. The van der Waals surface area contributed by atoms with E-state index in [1.165, 1.54) is 13.4 Å². The predicted octanol–water partition coefficient (Wildman–Crippen LogP) is 2.33. The van der Waals surface area contributed by atoms with Gasteiger partial charge in [-0.25, -0.2) is 14.8 Å². The molecule has 0 aliphatic heterocycles. The first-order chi connectivity index (χ1) is 13.5. The number of methoxy groups -OCH3 is 1. The second kappa shape index (κ2) is 6.89. The Morgan fingerprint density at radius 1 is 1.32 bits per heavy atom. The highest BCUT2D eigenvalue weighted by Gasteiger charge is 2.18. The Hall–Kier alpha value is -3.53. The van der Waals surface area contributed by atoms with Gasteiger partial charge in [-0.05, 0) is 19.1 Å². The number of thiazole rings is 1. The van der Waals surface area contributed by atoms with Gasteiger partial charge in [-0.2, -0.15) is 0 Å². The van der Waals surface area contributed by atoms with Crippen molar-refractivity contribution in [3.63, 3.8) is 0 Å². The van der Waals surface area contributed by atoms with E-state index in [-0.39, 0.29) is 17.3 Å². The number of nitrogens with zero attached hydrogens (tertiary/aromatic N) is 3. The van der Waals surface area contributed by atoms with E-state index < -0.39 is 17.4 Å². The van der Waals surface area contributed by atoms with Crippen molar-refractivity contribution in [3.05, 3.63) is 51.5 Å². The van der Waals surface area contributed by atoms with Crippen LogP contribution in [0.15, 0.2) is 39.8 Å². The number of carbonyl (C=O) groups is 2. The summed E-state index contributed by atoms with van der Waals surface area (Å²) < 4.78 is 11.4. The van der Waals surface area contributed by atoms with E-state index in [1.807, 2.05) is 12.1 Å². The van der Waals surface area contributed by atoms with Crippen molar-refractivity contribution in [2.45, 2.75) is 13.5 Å². The maximum absolute atomic E-state index is 12.6. The normalized spacial score (nSPS) is 11.1. The summed E-state index contributed by atoms with van der Waals surface area (Å²) in [4.78, 5) is 45.3. The van der Waals surface area contributed by atoms with Crippen LogP contribution in [0.4, 0.5) is 5.13 Å². The molecule has 28 heavy (non-hydrogen) atoms. The number of esters is 1. The van der Waals surface area contributed by atoms with Crippen LogP contribution in [0.25, 0.3) is 22.1 Å². The van der Waals surface area contributed by atoms with E-state index in [4.69, 9.17) is 4.42 Å². The number of rotatable bonds is 4. The smallest absolute Gasteiger partial charge is 0.350 e. The van der Waals surface area contributed by atoms with Gasteiger partial charge in [0.15, 0.2) is 5.13 Å². The van der Waals surface area contributed by atoms with Gasteiger partial charge in [-0.3, -0.25) is 14.2 Å². The van der Waals surface area contributed by atoms with Crippen molar-refractivity contribution >= 4 is 50.4 Å². The highest BCUT2D eigenvalue weighted by Crippen LogP contribution is 2.25. The van der Waals surface area contributed by atoms with E-state index in [1.54, 1.807) is 19.1 Å². The maximum atomic E-state index is 12.6. The first-order valence-corrected chi connectivity index (χ1v) is 9.02. The number of hydrogen-bond donors (Lipinski definition) is 1. The van der Waals surface area contributed by atoms with Gasteiger partial charge >= 0.3 is 5.97 Å². The third-order valence-electron chi connectivity index (χ3n) is 4.08.